The molecule has 1 spiro atoms. The van der Waals surface area contributed by atoms with Gasteiger partial charge in [0.25, 0.3) is 0 Å². The van der Waals surface area contributed by atoms with E-state index in [4.69, 9.17) is 4.74 Å². The third-order valence-corrected chi connectivity index (χ3v) is 5.65. The van der Waals surface area contributed by atoms with E-state index in [1.54, 1.807) is 0 Å². The van der Waals surface area contributed by atoms with Gasteiger partial charge in [0.05, 0.1) is 11.1 Å². The molecule has 2 saturated heterocycles. The first kappa shape index (κ1) is 17.4. The summed E-state index contributed by atoms with van der Waals surface area (Å²) in [6.07, 6.45) is 4.91. The Morgan fingerprint density at radius 3 is 2.75 bits per heavy atom. The van der Waals surface area contributed by atoms with Crippen molar-refractivity contribution in [2.75, 3.05) is 33.2 Å². The van der Waals surface area contributed by atoms with E-state index in [1.165, 1.54) is 11.3 Å². The van der Waals surface area contributed by atoms with Gasteiger partial charge in [0, 0.05) is 18.7 Å². The SMILES string of the molecule is Cc1n[nH]c(C)c1CCCN(C)CC1CC2(CCNCC2)C(=O)O1. The van der Waals surface area contributed by atoms with Crippen molar-refractivity contribution < 1.29 is 9.53 Å². The Morgan fingerprint density at radius 2 is 2.08 bits per heavy atom. The zero-order valence-corrected chi connectivity index (χ0v) is 15.2. The first-order chi connectivity index (χ1) is 11.5. The molecular weight excluding hydrogens is 304 g/mol. The van der Waals surface area contributed by atoms with Gasteiger partial charge in [-0.1, -0.05) is 0 Å². The van der Waals surface area contributed by atoms with E-state index in [0.717, 1.165) is 64.0 Å². The number of likely N-dealkylation sites (N-methyl/N-ethyl adjacent to an activating group) is 1. The van der Waals surface area contributed by atoms with E-state index in [-0.39, 0.29) is 17.5 Å². The smallest absolute Gasteiger partial charge is 0.312 e. The van der Waals surface area contributed by atoms with Gasteiger partial charge in [0.2, 0.25) is 0 Å². The van der Waals surface area contributed by atoms with Crippen molar-refractivity contribution >= 4 is 5.97 Å². The average molecular weight is 334 g/mol. The summed E-state index contributed by atoms with van der Waals surface area (Å²) >= 11 is 0. The zero-order chi connectivity index (χ0) is 17.2. The first-order valence-corrected chi connectivity index (χ1v) is 9.11. The van der Waals surface area contributed by atoms with E-state index < -0.39 is 0 Å². The summed E-state index contributed by atoms with van der Waals surface area (Å²) in [6, 6.07) is 0. The molecule has 134 valence electrons. The molecule has 0 radical (unpaired) electrons. The fraction of sp³-hybridized carbons (Fsp3) is 0.778. The molecule has 2 fully saturated rings. The number of aromatic nitrogens is 2. The molecule has 1 aromatic rings. The van der Waals surface area contributed by atoms with Gasteiger partial charge in [-0.05, 0) is 71.8 Å². The highest BCUT2D eigenvalue weighted by Crippen LogP contribution is 2.41. The number of hydrogen-bond donors (Lipinski definition) is 2. The molecule has 2 aliphatic rings. The molecule has 0 bridgehead atoms. The predicted molar refractivity (Wildman–Crippen MR) is 92.9 cm³/mol. The summed E-state index contributed by atoms with van der Waals surface area (Å²) in [7, 11) is 2.12. The molecule has 1 atom stereocenters. The van der Waals surface area contributed by atoms with Crippen molar-refractivity contribution in [3.8, 4) is 0 Å². The van der Waals surface area contributed by atoms with E-state index >= 15 is 0 Å². The standard InChI is InChI=1S/C18H30N4O2/c1-13-16(14(2)21-20-13)5-4-10-22(3)12-15-11-18(17(23)24-15)6-8-19-9-7-18/h15,19H,4-12H2,1-3H3,(H,20,21). The maximum atomic E-state index is 12.3. The number of nitrogens with zero attached hydrogens (tertiary/aromatic N) is 2. The molecule has 1 unspecified atom stereocenters. The third kappa shape index (κ3) is 3.64. The number of H-pyrrole nitrogens is 1. The molecule has 2 aliphatic heterocycles. The molecule has 0 aromatic carbocycles. The summed E-state index contributed by atoms with van der Waals surface area (Å²) in [5.41, 5.74) is 3.41. The molecule has 6 heteroatoms. The maximum absolute atomic E-state index is 12.3. The van der Waals surface area contributed by atoms with Crippen LogP contribution < -0.4 is 5.32 Å². The van der Waals surface area contributed by atoms with Crippen molar-refractivity contribution in [2.24, 2.45) is 5.41 Å². The number of cyclic esters (lactones) is 1. The van der Waals surface area contributed by atoms with Crippen molar-refractivity contribution in [2.45, 2.75) is 52.1 Å². The van der Waals surface area contributed by atoms with Crippen LogP contribution in [0.25, 0.3) is 0 Å². The molecule has 3 rings (SSSR count). The van der Waals surface area contributed by atoms with Gasteiger partial charge < -0.3 is 15.0 Å². The number of rotatable bonds is 6. The minimum Gasteiger partial charge on any atom is -0.461 e. The maximum Gasteiger partial charge on any atom is 0.312 e. The Kier molecular flexibility index (Phi) is 5.25. The number of esters is 1. The summed E-state index contributed by atoms with van der Waals surface area (Å²) < 4.78 is 5.69. The fourth-order valence-corrected chi connectivity index (χ4v) is 4.16. The van der Waals surface area contributed by atoms with Crippen LogP contribution in [0.4, 0.5) is 0 Å². The van der Waals surface area contributed by atoms with Crippen LogP contribution in [0.15, 0.2) is 0 Å². The van der Waals surface area contributed by atoms with Gasteiger partial charge in [0.1, 0.15) is 6.10 Å². The molecular formula is C18H30N4O2. The molecule has 6 nitrogen and oxygen atoms in total. The lowest BCUT2D eigenvalue weighted by Gasteiger charge is -2.29. The van der Waals surface area contributed by atoms with Crippen LogP contribution in [0.3, 0.4) is 0 Å². The molecule has 24 heavy (non-hydrogen) atoms. The second kappa shape index (κ2) is 7.23. The number of carbonyl (C=O) groups excluding carboxylic acids is 1. The Hall–Kier alpha value is -1.40. The van der Waals surface area contributed by atoms with Crippen LogP contribution in [-0.4, -0.2) is 60.4 Å². The van der Waals surface area contributed by atoms with Gasteiger partial charge in [0.15, 0.2) is 0 Å². The van der Waals surface area contributed by atoms with Gasteiger partial charge >= 0.3 is 5.97 Å². The van der Waals surface area contributed by atoms with E-state index in [2.05, 4.69) is 41.3 Å². The minimum atomic E-state index is -0.207. The Balaban J connectivity index is 1.44. The average Bonchev–Trinajstić information content (AvgIpc) is 3.01. The lowest BCUT2D eigenvalue weighted by atomic mass is 9.76. The van der Waals surface area contributed by atoms with E-state index in [9.17, 15) is 4.79 Å². The Bertz CT molecular complexity index is 558. The largest absolute Gasteiger partial charge is 0.461 e. The topological polar surface area (TPSA) is 70.2 Å². The normalized spacial score (nSPS) is 23.2. The second-order valence-electron chi connectivity index (χ2n) is 7.54. The van der Waals surface area contributed by atoms with Gasteiger partial charge in [-0.15, -0.1) is 0 Å². The molecule has 0 saturated carbocycles. The van der Waals surface area contributed by atoms with Crippen LogP contribution in [0.2, 0.25) is 0 Å². The number of piperidine rings is 1. The van der Waals surface area contributed by atoms with Crippen LogP contribution in [0.1, 0.15) is 42.6 Å². The molecule has 1 aromatic heterocycles. The molecule has 3 heterocycles. The molecule has 0 amide bonds. The monoisotopic (exact) mass is 334 g/mol. The highest BCUT2D eigenvalue weighted by Gasteiger charge is 2.49. The number of aryl methyl sites for hydroxylation is 2. The van der Waals surface area contributed by atoms with Gasteiger partial charge in [-0.25, -0.2) is 0 Å². The number of nitrogens with one attached hydrogen (secondary N) is 2. The van der Waals surface area contributed by atoms with Gasteiger partial charge in [-0.3, -0.25) is 9.89 Å². The number of carbonyl (C=O) groups is 1. The highest BCUT2D eigenvalue weighted by atomic mass is 16.6. The quantitative estimate of drug-likeness (QED) is 0.773. The van der Waals surface area contributed by atoms with Crippen molar-refractivity contribution in [3.63, 3.8) is 0 Å². The second-order valence-corrected chi connectivity index (χ2v) is 7.54. The predicted octanol–water partition coefficient (Wildman–Crippen LogP) is 1.58. The lowest BCUT2D eigenvalue weighted by molar-refractivity contribution is -0.150. The third-order valence-electron chi connectivity index (χ3n) is 5.65. The Labute approximate surface area is 144 Å². The van der Waals surface area contributed by atoms with Crippen LogP contribution in [0, 0.1) is 19.3 Å². The van der Waals surface area contributed by atoms with Crippen LogP contribution >= 0.6 is 0 Å². The van der Waals surface area contributed by atoms with Crippen LogP contribution in [0.5, 0.6) is 0 Å². The van der Waals surface area contributed by atoms with Gasteiger partial charge in [-0.2, -0.15) is 5.10 Å². The summed E-state index contributed by atoms with van der Waals surface area (Å²) in [5.74, 6) is 0.0343. The number of hydrogen-bond acceptors (Lipinski definition) is 5. The lowest BCUT2D eigenvalue weighted by Crippen LogP contribution is -2.39. The van der Waals surface area contributed by atoms with Crippen molar-refractivity contribution in [1.29, 1.82) is 0 Å². The number of ether oxygens (including phenoxy) is 1. The number of aromatic amines is 1. The molecule has 0 aliphatic carbocycles. The zero-order valence-electron chi connectivity index (χ0n) is 15.2. The highest BCUT2D eigenvalue weighted by molar-refractivity contribution is 5.79. The molecule has 2 N–H and O–H groups in total. The first-order valence-electron chi connectivity index (χ1n) is 9.11. The van der Waals surface area contributed by atoms with Crippen LogP contribution in [-0.2, 0) is 16.0 Å². The summed E-state index contributed by atoms with van der Waals surface area (Å²) in [6.45, 7) is 7.84. The van der Waals surface area contributed by atoms with Crippen molar-refractivity contribution in [1.82, 2.24) is 20.4 Å². The van der Waals surface area contributed by atoms with Crippen molar-refractivity contribution in [3.05, 3.63) is 17.0 Å². The minimum absolute atomic E-state index is 0.0343. The summed E-state index contributed by atoms with van der Waals surface area (Å²) in [5, 5.41) is 10.6. The summed E-state index contributed by atoms with van der Waals surface area (Å²) in [4.78, 5) is 14.6. The Morgan fingerprint density at radius 1 is 1.33 bits per heavy atom. The fourth-order valence-electron chi connectivity index (χ4n) is 4.16. The van der Waals surface area contributed by atoms with E-state index in [0.29, 0.717) is 0 Å². The van der Waals surface area contributed by atoms with E-state index in [1.807, 2.05) is 0 Å².